The number of piperazine rings is 1. The average molecular weight is 332 g/mol. The third-order valence-electron chi connectivity index (χ3n) is 4.28. The molecule has 0 unspecified atom stereocenters. The number of hydrogen-bond acceptors (Lipinski definition) is 4. The Hall–Kier alpha value is -1.91. The SMILES string of the molecule is C[C@@H]1CN(c2ccc(OC3CC3)cc2)CCN1C(=O)OC(C)(C)C. The number of carbonyl (C=O) groups is 1. The maximum atomic E-state index is 12.3. The van der Waals surface area contributed by atoms with Gasteiger partial charge in [-0.15, -0.1) is 0 Å². The summed E-state index contributed by atoms with van der Waals surface area (Å²) in [6, 6.07) is 8.41. The lowest BCUT2D eigenvalue weighted by molar-refractivity contribution is 0.0159. The Balaban J connectivity index is 1.57. The minimum absolute atomic E-state index is 0.121. The van der Waals surface area contributed by atoms with Gasteiger partial charge in [0.15, 0.2) is 0 Å². The molecule has 0 bridgehead atoms. The van der Waals surface area contributed by atoms with Crippen LogP contribution < -0.4 is 9.64 Å². The van der Waals surface area contributed by atoms with E-state index in [1.807, 2.05) is 37.8 Å². The smallest absolute Gasteiger partial charge is 0.410 e. The fourth-order valence-corrected chi connectivity index (χ4v) is 2.90. The summed E-state index contributed by atoms with van der Waals surface area (Å²) < 4.78 is 11.3. The molecule has 2 aliphatic rings. The highest BCUT2D eigenvalue weighted by atomic mass is 16.6. The van der Waals surface area contributed by atoms with E-state index in [4.69, 9.17) is 9.47 Å². The van der Waals surface area contributed by atoms with Crippen LogP contribution in [0.5, 0.6) is 5.75 Å². The number of benzene rings is 1. The summed E-state index contributed by atoms with van der Waals surface area (Å²) in [7, 11) is 0. The second kappa shape index (κ2) is 6.54. The summed E-state index contributed by atoms with van der Waals surface area (Å²) in [5.74, 6) is 0.946. The molecule has 1 atom stereocenters. The van der Waals surface area contributed by atoms with Crippen LogP contribution in [0, 0.1) is 0 Å². The van der Waals surface area contributed by atoms with Gasteiger partial charge in [0.05, 0.1) is 6.10 Å². The van der Waals surface area contributed by atoms with Crippen molar-refractivity contribution >= 4 is 11.8 Å². The lowest BCUT2D eigenvalue weighted by Crippen LogP contribution is -2.55. The van der Waals surface area contributed by atoms with Crippen molar-refractivity contribution in [2.45, 2.75) is 58.3 Å². The van der Waals surface area contributed by atoms with Gasteiger partial charge in [0.1, 0.15) is 11.4 Å². The maximum absolute atomic E-state index is 12.3. The average Bonchev–Trinajstić information content (AvgIpc) is 3.30. The van der Waals surface area contributed by atoms with Crippen LogP contribution in [-0.2, 0) is 4.74 Å². The van der Waals surface area contributed by atoms with E-state index in [0.29, 0.717) is 12.6 Å². The first-order valence-electron chi connectivity index (χ1n) is 8.83. The molecule has 1 aromatic rings. The van der Waals surface area contributed by atoms with Crippen molar-refractivity contribution in [3.63, 3.8) is 0 Å². The molecule has 5 heteroatoms. The number of hydrogen-bond donors (Lipinski definition) is 0. The largest absolute Gasteiger partial charge is 0.490 e. The normalized spacial score (nSPS) is 21.6. The molecule has 1 amide bonds. The molecule has 132 valence electrons. The van der Waals surface area contributed by atoms with Crippen molar-refractivity contribution in [1.29, 1.82) is 0 Å². The maximum Gasteiger partial charge on any atom is 0.410 e. The summed E-state index contributed by atoms with van der Waals surface area (Å²) in [6.45, 7) is 10.1. The zero-order chi connectivity index (χ0) is 17.3. The molecule has 1 aliphatic carbocycles. The summed E-state index contributed by atoms with van der Waals surface area (Å²) in [5, 5.41) is 0. The minimum Gasteiger partial charge on any atom is -0.490 e. The lowest BCUT2D eigenvalue weighted by atomic mass is 10.1. The molecule has 1 saturated carbocycles. The van der Waals surface area contributed by atoms with Crippen LogP contribution in [-0.4, -0.2) is 48.4 Å². The van der Waals surface area contributed by atoms with Crippen molar-refractivity contribution in [2.24, 2.45) is 0 Å². The lowest BCUT2D eigenvalue weighted by Gasteiger charge is -2.41. The zero-order valence-electron chi connectivity index (χ0n) is 15.1. The molecule has 5 nitrogen and oxygen atoms in total. The molecule has 1 aromatic carbocycles. The van der Waals surface area contributed by atoms with Crippen LogP contribution in [0.1, 0.15) is 40.5 Å². The molecular weight excluding hydrogens is 304 g/mol. The molecule has 0 N–H and O–H groups in total. The van der Waals surface area contributed by atoms with E-state index in [2.05, 4.69) is 24.0 Å². The number of carbonyl (C=O) groups excluding carboxylic acids is 1. The Morgan fingerprint density at radius 2 is 1.79 bits per heavy atom. The van der Waals surface area contributed by atoms with Crippen molar-refractivity contribution in [3.05, 3.63) is 24.3 Å². The van der Waals surface area contributed by atoms with Gasteiger partial charge in [-0.05, 0) is 64.8 Å². The van der Waals surface area contributed by atoms with Crippen LogP contribution in [0.25, 0.3) is 0 Å². The molecule has 1 heterocycles. The Kier molecular flexibility index (Phi) is 4.61. The zero-order valence-corrected chi connectivity index (χ0v) is 15.1. The monoisotopic (exact) mass is 332 g/mol. The van der Waals surface area contributed by atoms with Gasteiger partial charge in [0, 0.05) is 31.4 Å². The molecule has 3 rings (SSSR count). The number of ether oxygens (including phenoxy) is 2. The van der Waals surface area contributed by atoms with Crippen molar-refractivity contribution in [1.82, 2.24) is 4.90 Å². The number of nitrogens with zero attached hydrogens (tertiary/aromatic N) is 2. The van der Waals surface area contributed by atoms with Crippen LogP contribution >= 0.6 is 0 Å². The van der Waals surface area contributed by atoms with Gasteiger partial charge in [-0.3, -0.25) is 0 Å². The van der Waals surface area contributed by atoms with Crippen LogP contribution in [0.3, 0.4) is 0 Å². The number of rotatable bonds is 3. The second-order valence-corrected chi connectivity index (χ2v) is 7.78. The third kappa shape index (κ3) is 4.34. The van der Waals surface area contributed by atoms with E-state index < -0.39 is 5.60 Å². The Bertz CT molecular complexity index is 575. The van der Waals surface area contributed by atoms with Gasteiger partial charge in [0.2, 0.25) is 0 Å². The molecule has 1 saturated heterocycles. The first-order valence-corrected chi connectivity index (χ1v) is 8.83. The minimum atomic E-state index is -0.453. The fraction of sp³-hybridized carbons (Fsp3) is 0.632. The molecule has 2 fully saturated rings. The first kappa shape index (κ1) is 16.9. The van der Waals surface area contributed by atoms with E-state index in [-0.39, 0.29) is 12.1 Å². The Morgan fingerprint density at radius 3 is 2.33 bits per heavy atom. The summed E-state index contributed by atoms with van der Waals surface area (Å²) in [5.41, 5.74) is 0.722. The standard InChI is InChI=1S/C19H28N2O3/c1-14-13-20(11-12-21(14)18(22)24-19(2,3)4)15-5-7-16(8-6-15)23-17-9-10-17/h5-8,14,17H,9-13H2,1-4H3/t14-/m1/s1. The van der Waals surface area contributed by atoms with E-state index in [1.165, 1.54) is 18.5 Å². The molecule has 24 heavy (non-hydrogen) atoms. The van der Waals surface area contributed by atoms with Crippen LogP contribution in [0.2, 0.25) is 0 Å². The van der Waals surface area contributed by atoms with E-state index in [9.17, 15) is 4.79 Å². The Morgan fingerprint density at radius 1 is 1.12 bits per heavy atom. The van der Waals surface area contributed by atoms with E-state index in [1.54, 1.807) is 0 Å². The van der Waals surface area contributed by atoms with Crippen LogP contribution in [0.4, 0.5) is 10.5 Å². The van der Waals surface area contributed by atoms with Gasteiger partial charge in [-0.1, -0.05) is 0 Å². The molecule has 0 spiro atoms. The van der Waals surface area contributed by atoms with Crippen molar-refractivity contribution < 1.29 is 14.3 Å². The molecule has 0 radical (unpaired) electrons. The topological polar surface area (TPSA) is 42.0 Å². The quantitative estimate of drug-likeness (QED) is 0.847. The summed E-state index contributed by atoms with van der Waals surface area (Å²) in [6.07, 6.45) is 2.55. The predicted molar refractivity (Wildman–Crippen MR) is 94.7 cm³/mol. The fourth-order valence-electron chi connectivity index (χ4n) is 2.90. The van der Waals surface area contributed by atoms with Crippen molar-refractivity contribution in [3.8, 4) is 5.75 Å². The van der Waals surface area contributed by atoms with E-state index in [0.717, 1.165) is 18.8 Å². The first-order chi connectivity index (χ1) is 11.3. The molecular formula is C19H28N2O3. The number of amides is 1. The van der Waals surface area contributed by atoms with Crippen LogP contribution in [0.15, 0.2) is 24.3 Å². The summed E-state index contributed by atoms with van der Waals surface area (Å²) >= 11 is 0. The number of anilines is 1. The van der Waals surface area contributed by atoms with E-state index >= 15 is 0 Å². The highest BCUT2D eigenvalue weighted by Crippen LogP contribution is 2.29. The van der Waals surface area contributed by atoms with Crippen molar-refractivity contribution in [2.75, 3.05) is 24.5 Å². The predicted octanol–water partition coefficient (Wildman–Crippen LogP) is 3.67. The third-order valence-corrected chi connectivity index (χ3v) is 4.28. The summed E-state index contributed by atoms with van der Waals surface area (Å²) in [4.78, 5) is 16.4. The molecule has 1 aliphatic heterocycles. The Labute approximate surface area is 144 Å². The van der Waals surface area contributed by atoms with Gasteiger partial charge >= 0.3 is 6.09 Å². The molecule has 0 aromatic heterocycles. The second-order valence-electron chi connectivity index (χ2n) is 7.78. The van der Waals surface area contributed by atoms with Gasteiger partial charge in [-0.2, -0.15) is 0 Å². The highest BCUT2D eigenvalue weighted by Gasteiger charge is 2.31. The van der Waals surface area contributed by atoms with Gasteiger partial charge in [-0.25, -0.2) is 4.79 Å². The van der Waals surface area contributed by atoms with Gasteiger partial charge < -0.3 is 19.3 Å². The highest BCUT2D eigenvalue weighted by molar-refractivity contribution is 5.69. The van der Waals surface area contributed by atoms with Gasteiger partial charge in [0.25, 0.3) is 0 Å².